The smallest absolute Gasteiger partial charge is 0.00667 e. The van der Waals surface area contributed by atoms with Crippen molar-refractivity contribution in [1.29, 1.82) is 0 Å². The van der Waals surface area contributed by atoms with Gasteiger partial charge >= 0.3 is 0 Å². The van der Waals surface area contributed by atoms with Gasteiger partial charge in [0.15, 0.2) is 0 Å². The lowest BCUT2D eigenvalue weighted by molar-refractivity contribution is 0.169. The van der Waals surface area contributed by atoms with Crippen molar-refractivity contribution in [3.05, 3.63) is 0 Å². The Morgan fingerprint density at radius 1 is 1.30 bits per heavy atom. The van der Waals surface area contributed by atoms with Crippen LogP contribution in [-0.4, -0.2) is 6.04 Å². The molecule has 0 radical (unpaired) electrons. The van der Waals surface area contributed by atoms with Crippen LogP contribution in [0.1, 0.15) is 41.0 Å². The number of nitrogens with two attached hydrogens (primary N) is 1. The Morgan fingerprint density at radius 3 is 1.70 bits per heavy atom. The van der Waals surface area contributed by atoms with Crippen LogP contribution >= 0.6 is 0 Å². The van der Waals surface area contributed by atoms with E-state index in [0.717, 1.165) is 0 Å². The fourth-order valence-electron chi connectivity index (χ4n) is 1.26. The Hall–Kier alpha value is -0.0400. The molecule has 0 amide bonds. The second-order valence-corrected chi connectivity index (χ2v) is 3.80. The first-order valence-corrected chi connectivity index (χ1v) is 4.20. The van der Waals surface area contributed by atoms with Crippen LogP contribution < -0.4 is 5.73 Å². The summed E-state index contributed by atoms with van der Waals surface area (Å²) < 4.78 is 0. The second kappa shape index (κ2) is 3.38. The van der Waals surface area contributed by atoms with E-state index < -0.39 is 0 Å². The van der Waals surface area contributed by atoms with E-state index in [0.29, 0.717) is 17.4 Å². The summed E-state index contributed by atoms with van der Waals surface area (Å²) in [6.07, 6.45) is 1.17. The molecule has 0 heterocycles. The molecule has 0 aromatic heterocycles. The van der Waals surface area contributed by atoms with Crippen molar-refractivity contribution >= 4 is 0 Å². The van der Waals surface area contributed by atoms with Gasteiger partial charge in [-0.3, -0.25) is 0 Å². The first kappa shape index (κ1) is 9.96. The first-order valence-electron chi connectivity index (χ1n) is 4.20. The molecule has 0 saturated carbocycles. The largest absolute Gasteiger partial charge is 0.327 e. The maximum atomic E-state index is 5.88. The predicted molar refractivity (Wildman–Crippen MR) is 46.9 cm³/mol. The first-order chi connectivity index (χ1) is 4.45. The standard InChI is InChI=1S/C9H21N/c1-6-9(5,7(2)3)8(4)10/h7-8H,6,10H2,1-5H3/t8-,9+/m1/s1. The zero-order valence-electron chi connectivity index (χ0n) is 7.94. The van der Waals surface area contributed by atoms with Crippen molar-refractivity contribution < 1.29 is 0 Å². The molecular formula is C9H21N. The van der Waals surface area contributed by atoms with Crippen molar-refractivity contribution in [2.45, 2.75) is 47.1 Å². The van der Waals surface area contributed by atoms with Crippen LogP contribution in [-0.2, 0) is 0 Å². The van der Waals surface area contributed by atoms with Gasteiger partial charge in [-0.1, -0.05) is 27.7 Å². The molecule has 2 N–H and O–H groups in total. The third-order valence-corrected chi connectivity index (χ3v) is 3.12. The van der Waals surface area contributed by atoms with Crippen molar-refractivity contribution in [2.24, 2.45) is 17.1 Å². The molecule has 0 aliphatic heterocycles. The zero-order valence-corrected chi connectivity index (χ0v) is 7.94. The molecule has 0 unspecified atom stereocenters. The van der Waals surface area contributed by atoms with Gasteiger partial charge in [-0.05, 0) is 24.7 Å². The normalized spacial score (nSPS) is 20.7. The summed E-state index contributed by atoms with van der Waals surface area (Å²) in [7, 11) is 0. The van der Waals surface area contributed by atoms with E-state index in [1.807, 2.05) is 0 Å². The van der Waals surface area contributed by atoms with E-state index in [-0.39, 0.29) is 0 Å². The van der Waals surface area contributed by atoms with Gasteiger partial charge in [-0.25, -0.2) is 0 Å². The molecule has 0 bridgehead atoms. The summed E-state index contributed by atoms with van der Waals surface area (Å²) in [6.45, 7) is 11.1. The predicted octanol–water partition coefficient (Wildman–Crippen LogP) is 2.41. The van der Waals surface area contributed by atoms with Gasteiger partial charge < -0.3 is 5.73 Å². The fraction of sp³-hybridized carbons (Fsp3) is 1.00. The van der Waals surface area contributed by atoms with Gasteiger partial charge in [0.2, 0.25) is 0 Å². The Balaban J connectivity index is 4.23. The molecular weight excluding hydrogens is 122 g/mol. The summed E-state index contributed by atoms with van der Waals surface area (Å²) in [5, 5.41) is 0. The minimum absolute atomic E-state index is 0.303. The SMILES string of the molecule is CC[C@@](C)(C(C)C)[C@@H](C)N. The molecule has 10 heavy (non-hydrogen) atoms. The number of hydrogen-bond acceptors (Lipinski definition) is 1. The van der Waals surface area contributed by atoms with Gasteiger partial charge in [-0.15, -0.1) is 0 Å². The van der Waals surface area contributed by atoms with Crippen molar-refractivity contribution in [3.8, 4) is 0 Å². The Labute approximate surface area is 65.0 Å². The lowest BCUT2D eigenvalue weighted by atomic mass is 9.72. The molecule has 0 fully saturated rings. The van der Waals surface area contributed by atoms with Crippen LogP contribution in [0.25, 0.3) is 0 Å². The summed E-state index contributed by atoms with van der Waals surface area (Å²) in [5.74, 6) is 0.678. The molecule has 62 valence electrons. The Bertz CT molecular complexity index is 86.9. The maximum absolute atomic E-state index is 5.88. The molecule has 0 spiro atoms. The minimum atomic E-state index is 0.303. The minimum Gasteiger partial charge on any atom is -0.327 e. The van der Waals surface area contributed by atoms with Crippen molar-refractivity contribution in [3.63, 3.8) is 0 Å². The van der Waals surface area contributed by atoms with Crippen LogP contribution in [0, 0.1) is 11.3 Å². The lowest BCUT2D eigenvalue weighted by Gasteiger charge is -2.36. The molecule has 1 heteroatoms. The van der Waals surface area contributed by atoms with E-state index >= 15 is 0 Å². The fourth-order valence-corrected chi connectivity index (χ4v) is 1.26. The summed E-state index contributed by atoms with van der Waals surface area (Å²) >= 11 is 0. The van der Waals surface area contributed by atoms with E-state index in [2.05, 4.69) is 34.6 Å². The van der Waals surface area contributed by atoms with E-state index in [4.69, 9.17) is 5.73 Å². The molecule has 0 aromatic carbocycles. The summed E-state index contributed by atoms with van der Waals surface area (Å²) in [5.41, 5.74) is 6.20. The molecule has 0 aliphatic rings. The quantitative estimate of drug-likeness (QED) is 0.645. The van der Waals surface area contributed by atoms with E-state index in [9.17, 15) is 0 Å². The topological polar surface area (TPSA) is 26.0 Å². The van der Waals surface area contributed by atoms with Gasteiger partial charge in [0, 0.05) is 6.04 Å². The van der Waals surface area contributed by atoms with Crippen LogP contribution in [0.4, 0.5) is 0 Å². The molecule has 0 aliphatic carbocycles. The third kappa shape index (κ3) is 1.72. The van der Waals surface area contributed by atoms with Gasteiger partial charge in [0.05, 0.1) is 0 Å². The highest BCUT2D eigenvalue weighted by atomic mass is 14.7. The highest BCUT2D eigenvalue weighted by molar-refractivity contribution is 4.83. The highest BCUT2D eigenvalue weighted by Crippen LogP contribution is 2.33. The van der Waals surface area contributed by atoms with Crippen molar-refractivity contribution in [1.82, 2.24) is 0 Å². The molecule has 0 aromatic rings. The molecule has 0 saturated heterocycles. The molecule has 1 nitrogen and oxygen atoms in total. The van der Waals surface area contributed by atoms with Gasteiger partial charge in [-0.2, -0.15) is 0 Å². The highest BCUT2D eigenvalue weighted by Gasteiger charge is 2.29. The second-order valence-electron chi connectivity index (χ2n) is 3.80. The molecule has 2 atom stereocenters. The van der Waals surface area contributed by atoms with Crippen LogP contribution in [0.5, 0.6) is 0 Å². The van der Waals surface area contributed by atoms with Crippen LogP contribution in [0.2, 0.25) is 0 Å². The average Bonchev–Trinajstić information content (AvgIpc) is 1.85. The monoisotopic (exact) mass is 143 g/mol. The summed E-state index contributed by atoms with van der Waals surface area (Å²) in [4.78, 5) is 0. The van der Waals surface area contributed by atoms with Crippen LogP contribution in [0.15, 0.2) is 0 Å². The van der Waals surface area contributed by atoms with Gasteiger partial charge in [0.25, 0.3) is 0 Å². The number of rotatable bonds is 3. The summed E-state index contributed by atoms with van der Waals surface area (Å²) in [6, 6.07) is 0.303. The van der Waals surface area contributed by atoms with E-state index in [1.54, 1.807) is 0 Å². The maximum Gasteiger partial charge on any atom is 0.00667 e. The Morgan fingerprint density at radius 2 is 1.70 bits per heavy atom. The number of hydrogen-bond donors (Lipinski definition) is 1. The third-order valence-electron chi connectivity index (χ3n) is 3.12. The Kier molecular flexibility index (Phi) is 3.37. The zero-order chi connectivity index (χ0) is 8.36. The molecule has 0 rings (SSSR count). The van der Waals surface area contributed by atoms with Crippen molar-refractivity contribution in [2.75, 3.05) is 0 Å². The average molecular weight is 143 g/mol. The van der Waals surface area contributed by atoms with Crippen LogP contribution in [0.3, 0.4) is 0 Å². The lowest BCUT2D eigenvalue weighted by Crippen LogP contribution is -2.40. The van der Waals surface area contributed by atoms with Gasteiger partial charge in [0.1, 0.15) is 0 Å². The van der Waals surface area contributed by atoms with E-state index in [1.165, 1.54) is 6.42 Å².